The first-order chi connectivity index (χ1) is 15.3. The predicted molar refractivity (Wildman–Crippen MR) is 129 cm³/mol. The molecule has 0 spiro atoms. The summed E-state index contributed by atoms with van der Waals surface area (Å²) in [6.07, 6.45) is 1.63. The van der Waals surface area contributed by atoms with Gasteiger partial charge >= 0.3 is 0 Å². The molecule has 1 N–H and O–H groups in total. The number of ether oxygens (including phenoxy) is 1. The van der Waals surface area contributed by atoms with Crippen LogP contribution in [0.4, 0.5) is 5.69 Å². The molecule has 2 heterocycles. The lowest BCUT2D eigenvalue weighted by atomic mass is 10.1. The van der Waals surface area contributed by atoms with E-state index in [-0.39, 0.29) is 10.7 Å². The molecule has 1 aromatic heterocycles. The van der Waals surface area contributed by atoms with Gasteiger partial charge in [0.1, 0.15) is 11.3 Å². The van der Waals surface area contributed by atoms with Gasteiger partial charge in [0, 0.05) is 17.1 Å². The number of aromatic nitrogens is 1. The molecule has 0 aliphatic carbocycles. The quantitative estimate of drug-likeness (QED) is 0.371. The van der Waals surface area contributed by atoms with Crippen molar-refractivity contribution in [1.82, 2.24) is 9.88 Å². The summed E-state index contributed by atoms with van der Waals surface area (Å²) < 4.78 is 7.28. The lowest BCUT2D eigenvalue weighted by Crippen LogP contribution is -2.54. The molecule has 0 saturated carbocycles. The Morgan fingerprint density at radius 1 is 0.938 bits per heavy atom. The van der Waals surface area contributed by atoms with Gasteiger partial charge in [-0.3, -0.25) is 19.8 Å². The summed E-state index contributed by atoms with van der Waals surface area (Å²) in [6, 6.07) is 17.1. The number of hydrogen-bond acceptors (Lipinski definition) is 4. The van der Waals surface area contributed by atoms with E-state index in [0.29, 0.717) is 11.4 Å². The zero-order chi connectivity index (χ0) is 23.0. The van der Waals surface area contributed by atoms with Crippen LogP contribution < -0.4 is 15.0 Å². The fraction of sp³-hybridized carbons (Fsp3) is 0.160. The largest absolute Gasteiger partial charge is 0.497 e. The number of aryl methyl sites for hydroxylation is 2. The highest BCUT2D eigenvalue weighted by atomic mass is 32.1. The summed E-state index contributed by atoms with van der Waals surface area (Å²) in [6.45, 7) is 6.01. The van der Waals surface area contributed by atoms with Gasteiger partial charge in [0.2, 0.25) is 0 Å². The molecule has 0 unspecified atom stereocenters. The Kier molecular flexibility index (Phi) is 5.67. The van der Waals surface area contributed by atoms with Crippen LogP contribution in [0.1, 0.15) is 22.5 Å². The van der Waals surface area contributed by atoms with Gasteiger partial charge < -0.3 is 9.30 Å². The number of thiocarbonyl (C=S) groups is 1. The zero-order valence-corrected chi connectivity index (χ0v) is 19.1. The van der Waals surface area contributed by atoms with E-state index in [1.807, 2.05) is 26.8 Å². The number of nitrogens with zero attached hydrogens (tertiary/aromatic N) is 2. The Bertz CT molecular complexity index is 1250. The third-order valence-corrected chi connectivity index (χ3v) is 5.78. The van der Waals surface area contributed by atoms with E-state index in [1.165, 1.54) is 10.5 Å². The smallest absolute Gasteiger partial charge is 0.270 e. The summed E-state index contributed by atoms with van der Waals surface area (Å²) in [4.78, 5) is 27.3. The molecule has 4 rings (SSSR count). The molecule has 2 amide bonds. The molecule has 1 fully saturated rings. The van der Waals surface area contributed by atoms with Crippen molar-refractivity contribution in [3.63, 3.8) is 0 Å². The van der Waals surface area contributed by atoms with Crippen molar-refractivity contribution >= 4 is 40.9 Å². The molecular weight excluding hydrogens is 422 g/mol. The molecule has 7 heteroatoms. The average molecular weight is 446 g/mol. The van der Waals surface area contributed by atoms with Crippen LogP contribution >= 0.6 is 12.2 Å². The highest BCUT2D eigenvalue weighted by Gasteiger charge is 2.34. The minimum atomic E-state index is -0.509. The molecule has 2 aromatic carbocycles. The molecule has 0 radical (unpaired) electrons. The Hall–Kier alpha value is -3.71. The third kappa shape index (κ3) is 3.83. The van der Waals surface area contributed by atoms with Crippen LogP contribution in [0.25, 0.3) is 11.8 Å². The number of amides is 2. The minimum absolute atomic E-state index is 0.0265. The third-order valence-electron chi connectivity index (χ3n) is 5.49. The van der Waals surface area contributed by atoms with Crippen molar-refractivity contribution in [1.29, 1.82) is 0 Å². The maximum atomic E-state index is 13.3. The normalized spacial score (nSPS) is 15.3. The number of benzene rings is 2. The molecule has 162 valence electrons. The predicted octanol–water partition coefficient (Wildman–Crippen LogP) is 4.24. The first-order valence-corrected chi connectivity index (χ1v) is 10.5. The maximum absolute atomic E-state index is 13.3. The Balaban J connectivity index is 1.73. The van der Waals surface area contributed by atoms with Crippen LogP contribution in [-0.2, 0) is 9.59 Å². The van der Waals surface area contributed by atoms with E-state index in [0.717, 1.165) is 22.6 Å². The summed E-state index contributed by atoms with van der Waals surface area (Å²) in [5, 5.41) is 2.68. The fourth-order valence-electron chi connectivity index (χ4n) is 3.80. The molecule has 3 aromatic rings. The van der Waals surface area contributed by atoms with Crippen LogP contribution in [0, 0.1) is 20.8 Å². The average Bonchev–Trinajstić information content (AvgIpc) is 3.05. The molecule has 0 atom stereocenters. The molecule has 6 nitrogen and oxygen atoms in total. The summed E-state index contributed by atoms with van der Waals surface area (Å²) >= 11 is 5.28. The van der Waals surface area contributed by atoms with Crippen molar-refractivity contribution < 1.29 is 14.3 Å². The minimum Gasteiger partial charge on any atom is -0.497 e. The number of methoxy groups -OCH3 is 1. The number of hydrogen-bond donors (Lipinski definition) is 1. The SMILES string of the molecule is COc1ccc(N2C(=O)C(=Cc3cc(C)n(-c4ccc(C)cc4)c3C)C(=O)NC2=S)cc1. The van der Waals surface area contributed by atoms with Crippen LogP contribution in [0.3, 0.4) is 0 Å². The van der Waals surface area contributed by atoms with Crippen molar-refractivity contribution in [2.45, 2.75) is 20.8 Å². The zero-order valence-electron chi connectivity index (χ0n) is 18.3. The summed E-state index contributed by atoms with van der Waals surface area (Å²) in [7, 11) is 1.57. The molecule has 1 aliphatic heterocycles. The van der Waals surface area contributed by atoms with Crippen molar-refractivity contribution in [3.8, 4) is 11.4 Å². The van der Waals surface area contributed by atoms with Crippen LogP contribution in [0.5, 0.6) is 5.75 Å². The van der Waals surface area contributed by atoms with E-state index >= 15 is 0 Å². The summed E-state index contributed by atoms with van der Waals surface area (Å²) in [5.41, 5.74) is 5.51. The van der Waals surface area contributed by atoms with Crippen LogP contribution in [-0.4, -0.2) is 28.6 Å². The first-order valence-electron chi connectivity index (χ1n) is 10.1. The van der Waals surface area contributed by atoms with Gasteiger partial charge in [0.25, 0.3) is 11.8 Å². The number of nitrogens with one attached hydrogen (secondary N) is 1. The van der Waals surface area contributed by atoms with Gasteiger partial charge in [-0.2, -0.15) is 0 Å². The van der Waals surface area contributed by atoms with Gasteiger partial charge in [-0.25, -0.2) is 0 Å². The lowest BCUT2D eigenvalue weighted by molar-refractivity contribution is -0.122. The second-order valence-corrected chi connectivity index (χ2v) is 8.04. The van der Waals surface area contributed by atoms with Gasteiger partial charge in [-0.05, 0) is 87.1 Å². The van der Waals surface area contributed by atoms with Gasteiger partial charge in [0.15, 0.2) is 5.11 Å². The highest BCUT2D eigenvalue weighted by Crippen LogP contribution is 2.27. The topological polar surface area (TPSA) is 63.6 Å². The van der Waals surface area contributed by atoms with Gasteiger partial charge in [0.05, 0.1) is 12.8 Å². The van der Waals surface area contributed by atoms with Crippen LogP contribution in [0.15, 0.2) is 60.2 Å². The Morgan fingerprint density at radius 2 is 1.56 bits per heavy atom. The molecule has 1 saturated heterocycles. The first kappa shape index (κ1) is 21.5. The van der Waals surface area contributed by atoms with E-state index in [2.05, 4.69) is 34.1 Å². The number of carbonyl (C=O) groups is 2. The monoisotopic (exact) mass is 445 g/mol. The lowest BCUT2D eigenvalue weighted by Gasteiger charge is -2.29. The second-order valence-electron chi connectivity index (χ2n) is 7.65. The number of carbonyl (C=O) groups excluding carboxylic acids is 2. The van der Waals surface area contributed by atoms with E-state index < -0.39 is 11.8 Å². The maximum Gasteiger partial charge on any atom is 0.270 e. The fourth-order valence-corrected chi connectivity index (χ4v) is 4.08. The Labute approximate surface area is 192 Å². The van der Waals surface area contributed by atoms with E-state index in [1.54, 1.807) is 37.5 Å². The molecule has 32 heavy (non-hydrogen) atoms. The van der Waals surface area contributed by atoms with Crippen molar-refractivity contribution in [2.24, 2.45) is 0 Å². The molecular formula is C25H23N3O3S. The molecule has 0 bridgehead atoms. The standard InChI is InChI=1S/C25H23N3O3S/c1-15-5-7-19(8-6-15)27-16(2)13-18(17(27)3)14-22-23(29)26-25(32)28(24(22)30)20-9-11-21(31-4)12-10-20/h5-14H,1-4H3,(H,26,29,32). The molecule has 1 aliphatic rings. The summed E-state index contributed by atoms with van der Waals surface area (Å²) in [5.74, 6) is -0.318. The van der Waals surface area contributed by atoms with Gasteiger partial charge in [-0.1, -0.05) is 17.7 Å². The van der Waals surface area contributed by atoms with E-state index in [9.17, 15) is 9.59 Å². The van der Waals surface area contributed by atoms with Crippen LogP contribution in [0.2, 0.25) is 0 Å². The highest BCUT2D eigenvalue weighted by molar-refractivity contribution is 7.80. The second kappa shape index (κ2) is 8.43. The Morgan fingerprint density at radius 3 is 2.19 bits per heavy atom. The number of anilines is 1. The van der Waals surface area contributed by atoms with E-state index in [4.69, 9.17) is 17.0 Å². The number of rotatable bonds is 4. The van der Waals surface area contributed by atoms with Crippen molar-refractivity contribution in [2.75, 3.05) is 12.0 Å². The van der Waals surface area contributed by atoms with Crippen molar-refractivity contribution in [3.05, 3.63) is 82.7 Å². The van der Waals surface area contributed by atoms with Gasteiger partial charge in [-0.15, -0.1) is 0 Å².